The van der Waals surface area contributed by atoms with Crippen LogP contribution in [0.15, 0.2) is 66.3 Å². The molecule has 0 spiro atoms. The molecule has 0 aliphatic heterocycles. The largest absolute Gasteiger partial charge is 0.385 e. The third-order valence-electron chi connectivity index (χ3n) is 4.69. The molecular formula is C23H24FN5OS. The minimum Gasteiger partial charge on any atom is -0.385 e. The van der Waals surface area contributed by atoms with Gasteiger partial charge in [0.25, 0.3) is 0 Å². The third kappa shape index (κ3) is 5.68. The van der Waals surface area contributed by atoms with Crippen LogP contribution in [-0.2, 0) is 17.9 Å². The first-order valence-electron chi connectivity index (χ1n) is 10.1. The molecule has 3 heterocycles. The molecule has 1 aromatic carbocycles. The highest BCUT2D eigenvalue weighted by atomic mass is 32.1. The highest BCUT2D eigenvalue weighted by molar-refractivity contribution is 7.14. The minimum atomic E-state index is -0.470. The predicted octanol–water partition coefficient (Wildman–Crippen LogP) is 5.21. The standard InChI is InChI=1S/C23H24FN5OS/c1-2-25-19-6-3-5-18(12-19)21-15-31-23(28-21)27-16-30-14-20-7-4-10-29(20)13-17-8-9-26-22(24)11-17/h3-12,15,25H,2,13-14,16H2,1H3,(H,27,28). The van der Waals surface area contributed by atoms with Crippen molar-refractivity contribution in [3.8, 4) is 11.3 Å². The van der Waals surface area contributed by atoms with Crippen molar-refractivity contribution in [2.24, 2.45) is 0 Å². The van der Waals surface area contributed by atoms with Gasteiger partial charge in [-0.1, -0.05) is 12.1 Å². The molecule has 0 bridgehead atoms. The summed E-state index contributed by atoms with van der Waals surface area (Å²) in [5, 5.41) is 9.38. The average molecular weight is 438 g/mol. The van der Waals surface area contributed by atoms with Crippen molar-refractivity contribution in [1.29, 1.82) is 0 Å². The zero-order valence-electron chi connectivity index (χ0n) is 17.2. The number of anilines is 2. The SMILES string of the molecule is CCNc1cccc(-c2csc(NCOCc3cccn3Cc3ccnc(F)c3)n2)c1. The fourth-order valence-corrected chi connectivity index (χ4v) is 3.93. The van der Waals surface area contributed by atoms with Crippen LogP contribution in [0.4, 0.5) is 15.2 Å². The van der Waals surface area contributed by atoms with Crippen LogP contribution in [0.5, 0.6) is 0 Å². The van der Waals surface area contributed by atoms with Crippen molar-refractivity contribution in [2.75, 3.05) is 23.9 Å². The first-order chi connectivity index (χ1) is 15.2. The van der Waals surface area contributed by atoms with E-state index in [1.54, 1.807) is 11.3 Å². The number of halogens is 1. The number of hydrogen-bond acceptors (Lipinski definition) is 6. The molecule has 0 atom stereocenters. The number of benzene rings is 1. The highest BCUT2D eigenvalue weighted by Crippen LogP contribution is 2.26. The predicted molar refractivity (Wildman–Crippen MR) is 123 cm³/mol. The van der Waals surface area contributed by atoms with Crippen LogP contribution in [0.25, 0.3) is 11.3 Å². The summed E-state index contributed by atoms with van der Waals surface area (Å²) in [5.74, 6) is -0.470. The summed E-state index contributed by atoms with van der Waals surface area (Å²) in [5.41, 5.74) is 4.97. The molecule has 0 radical (unpaired) electrons. The Labute approximate surface area is 184 Å². The molecule has 0 aliphatic carbocycles. The van der Waals surface area contributed by atoms with Gasteiger partial charge in [0, 0.05) is 47.8 Å². The molecular weight excluding hydrogens is 413 g/mol. The second-order valence-electron chi connectivity index (χ2n) is 6.93. The fourth-order valence-electron chi connectivity index (χ4n) is 3.22. The number of ether oxygens (including phenoxy) is 1. The van der Waals surface area contributed by atoms with Gasteiger partial charge >= 0.3 is 0 Å². The Kier molecular flexibility index (Phi) is 6.91. The van der Waals surface area contributed by atoms with Crippen LogP contribution >= 0.6 is 11.3 Å². The smallest absolute Gasteiger partial charge is 0.213 e. The lowest BCUT2D eigenvalue weighted by Crippen LogP contribution is -2.09. The Bertz CT molecular complexity index is 1130. The quantitative estimate of drug-likeness (QED) is 0.203. The van der Waals surface area contributed by atoms with E-state index >= 15 is 0 Å². The van der Waals surface area contributed by atoms with Crippen LogP contribution in [0.2, 0.25) is 0 Å². The molecule has 0 amide bonds. The minimum absolute atomic E-state index is 0.347. The Morgan fingerprint density at radius 1 is 1.13 bits per heavy atom. The zero-order chi connectivity index (χ0) is 21.5. The van der Waals surface area contributed by atoms with E-state index in [1.807, 2.05) is 46.5 Å². The van der Waals surface area contributed by atoms with Crippen molar-refractivity contribution in [2.45, 2.75) is 20.1 Å². The maximum absolute atomic E-state index is 13.3. The van der Waals surface area contributed by atoms with Gasteiger partial charge in [0.05, 0.1) is 12.3 Å². The lowest BCUT2D eigenvalue weighted by molar-refractivity contribution is 0.133. The Hall–Kier alpha value is -3.23. The van der Waals surface area contributed by atoms with Crippen molar-refractivity contribution in [3.05, 3.63) is 83.5 Å². The molecule has 4 rings (SSSR count). The molecule has 31 heavy (non-hydrogen) atoms. The monoisotopic (exact) mass is 437 g/mol. The van der Waals surface area contributed by atoms with Crippen molar-refractivity contribution in [3.63, 3.8) is 0 Å². The van der Waals surface area contributed by atoms with Crippen molar-refractivity contribution < 1.29 is 9.13 Å². The second kappa shape index (κ2) is 10.2. The van der Waals surface area contributed by atoms with Gasteiger partial charge in [-0.2, -0.15) is 4.39 Å². The van der Waals surface area contributed by atoms with Crippen LogP contribution in [0.1, 0.15) is 18.2 Å². The van der Waals surface area contributed by atoms with E-state index in [0.29, 0.717) is 19.9 Å². The Morgan fingerprint density at radius 2 is 2.06 bits per heavy atom. The van der Waals surface area contributed by atoms with Gasteiger partial charge in [0.15, 0.2) is 5.13 Å². The van der Waals surface area contributed by atoms with Gasteiger partial charge in [-0.25, -0.2) is 9.97 Å². The molecule has 2 N–H and O–H groups in total. The summed E-state index contributed by atoms with van der Waals surface area (Å²) in [6, 6.07) is 15.4. The average Bonchev–Trinajstić information content (AvgIpc) is 3.41. The summed E-state index contributed by atoms with van der Waals surface area (Å²) >= 11 is 1.55. The first-order valence-corrected chi connectivity index (χ1v) is 10.9. The summed E-state index contributed by atoms with van der Waals surface area (Å²) < 4.78 is 21.1. The highest BCUT2D eigenvalue weighted by Gasteiger charge is 2.07. The van der Waals surface area contributed by atoms with Gasteiger partial charge in [-0.05, 0) is 48.9 Å². The fraction of sp³-hybridized carbons (Fsp3) is 0.217. The topological polar surface area (TPSA) is 64.0 Å². The van der Waals surface area contributed by atoms with E-state index in [-0.39, 0.29) is 0 Å². The Morgan fingerprint density at radius 3 is 2.94 bits per heavy atom. The maximum atomic E-state index is 13.3. The van der Waals surface area contributed by atoms with Gasteiger partial charge in [-0.15, -0.1) is 11.3 Å². The van der Waals surface area contributed by atoms with E-state index in [4.69, 9.17) is 4.74 Å². The van der Waals surface area contributed by atoms with Gasteiger partial charge in [0.1, 0.15) is 6.73 Å². The molecule has 0 saturated heterocycles. The van der Waals surface area contributed by atoms with E-state index in [9.17, 15) is 4.39 Å². The van der Waals surface area contributed by atoms with Crippen LogP contribution < -0.4 is 10.6 Å². The van der Waals surface area contributed by atoms with Gasteiger partial charge in [-0.3, -0.25) is 0 Å². The lowest BCUT2D eigenvalue weighted by Gasteiger charge is -2.10. The normalized spacial score (nSPS) is 10.9. The second-order valence-corrected chi connectivity index (χ2v) is 7.79. The van der Waals surface area contributed by atoms with E-state index in [0.717, 1.165) is 39.9 Å². The van der Waals surface area contributed by atoms with Crippen LogP contribution in [0.3, 0.4) is 0 Å². The number of nitrogens with one attached hydrogen (secondary N) is 2. The number of aromatic nitrogens is 3. The lowest BCUT2D eigenvalue weighted by atomic mass is 10.1. The number of hydrogen-bond donors (Lipinski definition) is 2. The summed E-state index contributed by atoms with van der Waals surface area (Å²) in [6.07, 6.45) is 3.44. The van der Waals surface area contributed by atoms with E-state index in [2.05, 4.69) is 39.7 Å². The van der Waals surface area contributed by atoms with E-state index < -0.39 is 5.95 Å². The van der Waals surface area contributed by atoms with Crippen molar-refractivity contribution in [1.82, 2.24) is 14.5 Å². The number of rotatable bonds is 10. The summed E-state index contributed by atoms with van der Waals surface area (Å²) in [4.78, 5) is 8.25. The van der Waals surface area contributed by atoms with Crippen LogP contribution in [-0.4, -0.2) is 27.8 Å². The van der Waals surface area contributed by atoms with Crippen molar-refractivity contribution >= 4 is 22.2 Å². The summed E-state index contributed by atoms with van der Waals surface area (Å²) in [7, 11) is 0. The number of nitrogens with zero attached hydrogens (tertiary/aromatic N) is 3. The molecule has 160 valence electrons. The molecule has 0 aliphatic rings. The molecule has 6 nitrogen and oxygen atoms in total. The molecule has 0 unspecified atom stereocenters. The third-order valence-corrected chi connectivity index (χ3v) is 5.49. The number of thiazole rings is 1. The van der Waals surface area contributed by atoms with Gasteiger partial charge in [0.2, 0.25) is 5.95 Å². The number of pyridine rings is 1. The Balaban J connectivity index is 1.28. The van der Waals surface area contributed by atoms with E-state index in [1.165, 1.54) is 12.3 Å². The molecule has 0 fully saturated rings. The maximum Gasteiger partial charge on any atom is 0.213 e. The molecule has 3 aromatic heterocycles. The molecule has 0 saturated carbocycles. The zero-order valence-corrected chi connectivity index (χ0v) is 18.0. The molecule has 4 aromatic rings. The summed E-state index contributed by atoms with van der Waals surface area (Å²) in [6.45, 7) is 4.32. The van der Waals surface area contributed by atoms with Crippen LogP contribution in [0, 0.1) is 5.95 Å². The molecule has 8 heteroatoms. The van der Waals surface area contributed by atoms with Gasteiger partial charge < -0.3 is 19.9 Å². The first kappa shape index (κ1) is 21.0.